The molecule has 0 radical (unpaired) electrons. The third-order valence-corrected chi connectivity index (χ3v) is 5.23. The highest BCUT2D eigenvalue weighted by Crippen LogP contribution is 2.28. The van der Waals surface area contributed by atoms with Gasteiger partial charge in [0.1, 0.15) is 0 Å². The first kappa shape index (κ1) is 21.4. The zero-order valence-corrected chi connectivity index (χ0v) is 18.0. The second kappa shape index (κ2) is 10.5. The topological polar surface area (TPSA) is 85.4 Å². The van der Waals surface area contributed by atoms with E-state index in [-0.39, 0.29) is 6.03 Å². The van der Waals surface area contributed by atoms with Crippen molar-refractivity contribution in [2.75, 3.05) is 26.1 Å². The van der Waals surface area contributed by atoms with Gasteiger partial charge in [-0.2, -0.15) is 0 Å². The number of rotatable bonds is 8. The molecule has 2 N–H and O–H groups in total. The molecule has 0 fully saturated rings. The molecule has 1 aromatic heterocycles. The molecule has 156 valence electrons. The molecule has 0 aliphatic carbocycles. The van der Waals surface area contributed by atoms with Crippen molar-refractivity contribution in [1.82, 2.24) is 15.3 Å². The second-order valence-electron chi connectivity index (χ2n) is 6.43. The SMILES string of the molecule is COc1ccc(CCNC(=O)Nc2ccc(Sc3ncccn3)cc2C)cc1OC. The van der Waals surface area contributed by atoms with Crippen molar-refractivity contribution in [2.45, 2.75) is 23.4 Å². The van der Waals surface area contributed by atoms with Gasteiger partial charge in [-0.05, 0) is 72.6 Å². The predicted molar refractivity (Wildman–Crippen MR) is 118 cm³/mol. The number of hydrogen-bond donors (Lipinski definition) is 2. The van der Waals surface area contributed by atoms with E-state index < -0.39 is 0 Å². The van der Waals surface area contributed by atoms with Gasteiger partial charge in [0.15, 0.2) is 16.7 Å². The van der Waals surface area contributed by atoms with Gasteiger partial charge in [-0.3, -0.25) is 0 Å². The van der Waals surface area contributed by atoms with Gasteiger partial charge < -0.3 is 20.1 Å². The molecule has 0 unspecified atom stereocenters. The van der Waals surface area contributed by atoms with Crippen molar-refractivity contribution in [1.29, 1.82) is 0 Å². The zero-order valence-electron chi connectivity index (χ0n) is 17.1. The molecular formula is C22H24N4O3S. The predicted octanol–water partition coefficient (Wildman–Crippen LogP) is 4.32. The molecule has 1 heterocycles. The Morgan fingerprint density at radius 1 is 1.03 bits per heavy atom. The second-order valence-corrected chi connectivity index (χ2v) is 7.47. The number of carbonyl (C=O) groups is 1. The molecule has 8 heteroatoms. The number of aryl methyl sites for hydroxylation is 1. The number of hydrogen-bond acceptors (Lipinski definition) is 6. The van der Waals surface area contributed by atoms with Gasteiger partial charge in [0.25, 0.3) is 0 Å². The van der Waals surface area contributed by atoms with E-state index in [0.29, 0.717) is 29.6 Å². The molecule has 0 saturated heterocycles. The summed E-state index contributed by atoms with van der Waals surface area (Å²) in [6, 6.07) is 13.1. The summed E-state index contributed by atoms with van der Waals surface area (Å²) >= 11 is 1.48. The molecule has 0 aliphatic rings. The fourth-order valence-electron chi connectivity index (χ4n) is 2.81. The van der Waals surface area contributed by atoms with Gasteiger partial charge in [-0.25, -0.2) is 14.8 Å². The van der Waals surface area contributed by atoms with E-state index in [0.717, 1.165) is 21.7 Å². The standard InChI is InChI=1S/C22H24N4O3S/c1-15-13-17(30-22-24-10-4-11-25-22)6-7-18(15)26-21(27)23-12-9-16-5-8-19(28-2)20(14-16)29-3/h4-8,10-11,13-14H,9,12H2,1-3H3,(H2,23,26,27). The third kappa shape index (κ3) is 5.87. The first-order chi connectivity index (χ1) is 14.6. The Kier molecular flexibility index (Phi) is 7.51. The third-order valence-electron chi connectivity index (χ3n) is 4.34. The maximum atomic E-state index is 12.3. The number of benzene rings is 2. The van der Waals surface area contributed by atoms with E-state index in [1.807, 2.05) is 43.3 Å². The quantitative estimate of drug-likeness (QED) is 0.524. The van der Waals surface area contributed by atoms with Crippen LogP contribution >= 0.6 is 11.8 Å². The van der Waals surface area contributed by atoms with Crippen molar-refractivity contribution >= 4 is 23.5 Å². The molecule has 3 aromatic rings. The van der Waals surface area contributed by atoms with E-state index in [1.54, 1.807) is 32.7 Å². The van der Waals surface area contributed by atoms with Gasteiger partial charge >= 0.3 is 6.03 Å². The van der Waals surface area contributed by atoms with Gasteiger partial charge in [0.2, 0.25) is 0 Å². The van der Waals surface area contributed by atoms with Crippen LogP contribution in [0.4, 0.5) is 10.5 Å². The highest BCUT2D eigenvalue weighted by Gasteiger charge is 2.08. The van der Waals surface area contributed by atoms with Crippen LogP contribution in [0.15, 0.2) is 64.9 Å². The number of nitrogens with one attached hydrogen (secondary N) is 2. The summed E-state index contributed by atoms with van der Waals surface area (Å²) in [5.41, 5.74) is 2.77. The Hall–Kier alpha value is -3.26. The number of methoxy groups -OCH3 is 2. The summed E-state index contributed by atoms with van der Waals surface area (Å²) in [6.07, 6.45) is 4.11. The number of urea groups is 1. The molecular weight excluding hydrogens is 400 g/mol. The van der Waals surface area contributed by atoms with Crippen molar-refractivity contribution < 1.29 is 14.3 Å². The average molecular weight is 425 g/mol. The van der Waals surface area contributed by atoms with Crippen molar-refractivity contribution in [3.05, 3.63) is 66.0 Å². The first-order valence-electron chi connectivity index (χ1n) is 9.40. The minimum absolute atomic E-state index is 0.245. The largest absolute Gasteiger partial charge is 0.493 e. The maximum absolute atomic E-state index is 12.3. The minimum atomic E-state index is -0.245. The molecule has 2 aromatic carbocycles. The monoisotopic (exact) mass is 424 g/mol. The summed E-state index contributed by atoms with van der Waals surface area (Å²) in [5.74, 6) is 1.36. The lowest BCUT2D eigenvalue weighted by atomic mass is 10.1. The number of amides is 2. The van der Waals surface area contributed by atoms with Crippen LogP contribution in [-0.4, -0.2) is 36.8 Å². The molecule has 30 heavy (non-hydrogen) atoms. The van der Waals surface area contributed by atoms with Gasteiger partial charge in [-0.15, -0.1) is 0 Å². The van der Waals surface area contributed by atoms with Crippen LogP contribution in [0.3, 0.4) is 0 Å². The van der Waals surface area contributed by atoms with Crippen molar-refractivity contribution in [2.24, 2.45) is 0 Å². The van der Waals surface area contributed by atoms with Crippen molar-refractivity contribution in [3.63, 3.8) is 0 Å². The lowest BCUT2D eigenvalue weighted by Gasteiger charge is -2.12. The molecule has 3 rings (SSSR count). The Morgan fingerprint density at radius 2 is 1.80 bits per heavy atom. The molecule has 0 aliphatic heterocycles. The van der Waals surface area contributed by atoms with E-state index in [9.17, 15) is 4.79 Å². The van der Waals surface area contributed by atoms with Gasteiger partial charge in [0, 0.05) is 29.5 Å². The molecule has 0 bridgehead atoms. The van der Waals surface area contributed by atoms with E-state index in [2.05, 4.69) is 20.6 Å². The van der Waals surface area contributed by atoms with Gasteiger partial charge in [-0.1, -0.05) is 6.07 Å². The van der Waals surface area contributed by atoms with Crippen LogP contribution in [0.25, 0.3) is 0 Å². The zero-order chi connectivity index (χ0) is 21.3. The highest BCUT2D eigenvalue weighted by atomic mass is 32.2. The number of aromatic nitrogens is 2. The smallest absolute Gasteiger partial charge is 0.319 e. The highest BCUT2D eigenvalue weighted by molar-refractivity contribution is 7.99. The average Bonchev–Trinajstić information content (AvgIpc) is 2.76. The number of ether oxygens (including phenoxy) is 2. The Morgan fingerprint density at radius 3 is 2.50 bits per heavy atom. The van der Waals surface area contributed by atoms with E-state index in [1.165, 1.54) is 11.8 Å². The van der Waals surface area contributed by atoms with E-state index >= 15 is 0 Å². The molecule has 0 spiro atoms. The van der Waals surface area contributed by atoms with Crippen LogP contribution < -0.4 is 20.1 Å². The van der Waals surface area contributed by atoms with Crippen LogP contribution in [0.2, 0.25) is 0 Å². The fourth-order valence-corrected chi connectivity index (χ4v) is 3.62. The number of nitrogens with zero attached hydrogens (tertiary/aromatic N) is 2. The van der Waals surface area contributed by atoms with Crippen LogP contribution in [0.5, 0.6) is 11.5 Å². The van der Waals surface area contributed by atoms with Crippen molar-refractivity contribution in [3.8, 4) is 11.5 Å². The summed E-state index contributed by atoms with van der Waals surface area (Å²) in [7, 11) is 3.21. The van der Waals surface area contributed by atoms with Crippen LogP contribution in [0.1, 0.15) is 11.1 Å². The minimum Gasteiger partial charge on any atom is -0.493 e. The summed E-state index contributed by atoms with van der Waals surface area (Å²) in [4.78, 5) is 21.7. The summed E-state index contributed by atoms with van der Waals surface area (Å²) in [6.45, 7) is 2.45. The molecule has 0 saturated carbocycles. The normalized spacial score (nSPS) is 10.4. The van der Waals surface area contributed by atoms with Crippen LogP contribution in [-0.2, 0) is 6.42 Å². The van der Waals surface area contributed by atoms with E-state index in [4.69, 9.17) is 9.47 Å². The summed E-state index contributed by atoms with van der Waals surface area (Å²) < 4.78 is 10.5. The molecule has 0 atom stereocenters. The van der Waals surface area contributed by atoms with Crippen LogP contribution in [0, 0.1) is 6.92 Å². The molecule has 2 amide bonds. The lowest BCUT2D eigenvalue weighted by Crippen LogP contribution is -2.30. The van der Waals surface area contributed by atoms with Gasteiger partial charge in [0.05, 0.1) is 14.2 Å². The maximum Gasteiger partial charge on any atom is 0.319 e. The number of anilines is 1. The summed E-state index contributed by atoms with van der Waals surface area (Å²) in [5, 5.41) is 6.46. The first-order valence-corrected chi connectivity index (χ1v) is 10.2. The number of carbonyl (C=O) groups excluding carboxylic acids is 1. The fraction of sp³-hybridized carbons (Fsp3) is 0.227. The Balaban J connectivity index is 1.51. The lowest BCUT2D eigenvalue weighted by molar-refractivity contribution is 0.252. The Bertz CT molecular complexity index is 999. The Labute approximate surface area is 180 Å². The molecule has 7 nitrogen and oxygen atoms in total.